The van der Waals surface area contributed by atoms with E-state index in [1.807, 2.05) is 0 Å². The maximum Gasteiger partial charge on any atom is 0.335 e. The molecule has 1 aromatic rings. The molecule has 2 rings (SSSR count). The molecule has 10 heteroatoms. The number of aliphatic hydroxyl groups is 1. The molecule has 0 saturated heterocycles. The fourth-order valence-electron chi connectivity index (χ4n) is 1.68. The maximum absolute atomic E-state index is 11.9. The van der Waals surface area contributed by atoms with Crippen LogP contribution in [0.4, 0.5) is 0 Å². The smallest absolute Gasteiger partial charge is 0.335 e. The number of hydrogen-bond donors (Lipinski definition) is 2. The molecule has 0 aliphatic carbocycles. The zero-order valence-electron chi connectivity index (χ0n) is 10.3. The van der Waals surface area contributed by atoms with Crippen molar-refractivity contribution in [1.29, 1.82) is 0 Å². The van der Waals surface area contributed by atoms with Crippen molar-refractivity contribution in [3.8, 4) is 0 Å². The van der Waals surface area contributed by atoms with Crippen LogP contribution in [0.2, 0.25) is 0 Å². The molecule has 1 aliphatic heterocycles. The first-order chi connectivity index (χ1) is 9.76. The zero-order valence-corrected chi connectivity index (χ0v) is 11.2. The predicted molar refractivity (Wildman–Crippen MR) is 65.9 cm³/mol. The fourth-order valence-corrected chi connectivity index (χ4v) is 2.34. The van der Waals surface area contributed by atoms with Gasteiger partial charge in [-0.3, -0.25) is 9.59 Å². The summed E-state index contributed by atoms with van der Waals surface area (Å²) in [6, 6.07) is 3.17. The first kappa shape index (κ1) is 15.1. The molecule has 0 spiro atoms. The van der Waals surface area contributed by atoms with Crippen molar-refractivity contribution in [2.75, 3.05) is 12.4 Å². The third-order valence-corrected chi connectivity index (χ3v) is 3.68. The lowest BCUT2D eigenvalue weighted by molar-refractivity contribution is -0.0106. The van der Waals surface area contributed by atoms with Crippen molar-refractivity contribution in [3.05, 3.63) is 34.9 Å². The van der Waals surface area contributed by atoms with Crippen LogP contribution in [-0.2, 0) is 14.4 Å². The number of aliphatic hydroxyl groups excluding tert-OH is 1. The minimum atomic E-state index is -4.31. The first-order valence-electron chi connectivity index (χ1n) is 5.56. The standard InChI is InChI=1S/C11H9NO8S/c13-3-4-21(18,19)20-12-9(14)7-2-1-6(11(16)17)5-8(7)10(12)15/h1-2,5,13H,3-4H2,(H,16,17). The summed E-state index contributed by atoms with van der Waals surface area (Å²) in [5, 5.41) is 17.4. The number of carboxylic acids is 1. The van der Waals surface area contributed by atoms with Gasteiger partial charge >= 0.3 is 5.97 Å². The van der Waals surface area contributed by atoms with Gasteiger partial charge in [0.2, 0.25) is 0 Å². The lowest BCUT2D eigenvalue weighted by atomic mass is 10.1. The average Bonchev–Trinajstić information content (AvgIpc) is 2.63. The molecule has 2 amide bonds. The van der Waals surface area contributed by atoms with E-state index >= 15 is 0 Å². The summed E-state index contributed by atoms with van der Waals surface area (Å²) in [7, 11) is -4.31. The number of aromatic carboxylic acids is 1. The molecule has 0 saturated carbocycles. The molecule has 21 heavy (non-hydrogen) atoms. The molecule has 0 bridgehead atoms. The van der Waals surface area contributed by atoms with E-state index in [9.17, 15) is 22.8 Å². The lowest BCUT2D eigenvalue weighted by Gasteiger charge is -2.11. The summed E-state index contributed by atoms with van der Waals surface area (Å²) < 4.78 is 27.1. The molecule has 0 atom stereocenters. The molecule has 9 nitrogen and oxygen atoms in total. The highest BCUT2D eigenvalue weighted by Gasteiger charge is 2.40. The van der Waals surface area contributed by atoms with Gasteiger partial charge in [0.15, 0.2) is 0 Å². The Morgan fingerprint density at radius 3 is 2.38 bits per heavy atom. The number of hydrogen-bond acceptors (Lipinski definition) is 7. The number of rotatable bonds is 5. The van der Waals surface area contributed by atoms with Gasteiger partial charge in [-0.2, -0.15) is 8.42 Å². The monoisotopic (exact) mass is 315 g/mol. The molecule has 1 aliphatic rings. The lowest BCUT2D eigenvalue weighted by Crippen LogP contribution is -2.34. The van der Waals surface area contributed by atoms with E-state index in [1.165, 1.54) is 0 Å². The normalized spacial score (nSPS) is 14.4. The summed E-state index contributed by atoms with van der Waals surface area (Å²) >= 11 is 0. The molecular formula is C11H9NO8S. The molecule has 1 aromatic carbocycles. The summed E-state index contributed by atoms with van der Waals surface area (Å²) in [6.07, 6.45) is 0. The van der Waals surface area contributed by atoms with Gasteiger partial charge in [0.25, 0.3) is 21.9 Å². The predicted octanol–water partition coefficient (Wildman–Crippen LogP) is -0.766. The zero-order chi connectivity index (χ0) is 15.8. The van der Waals surface area contributed by atoms with Crippen LogP contribution in [-0.4, -0.2) is 53.8 Å². The highest BCUT2D eigenvalue weighted by Crippen LogP contribution is 2.25. The molecule has 0 aromatic heterocycles. The number of imide groups is 1. The van der Waals surface area contributed by atoms with Crippen LogP contribution in [0.25, 0.3) is 0 Å². The molecule has 0 fully saturated rings. The second-order valence-corrected chi connectivity index (χ2v) is 5.70. The van der Waals surface area contributed by atoms with Crippen molar-refractivity contribution in [3.63, 3.8) is 0 Å². The Labute approximate surface area is 118 Å². The van der Waals surface area contributed by atoms with Gasteiger partial charge in [-0.1, -0.05) is 0 Å². The van der Waals surface area contributed by atoms with E-state index < -0.39 is 40.3 Å². The van der Waals surface area contributed by atoms with Crippen LogP contribution >= 0.6 is 0 Å². The number of carbonyl (C=O) groups excluding carboxylic acids is 2. The van der Waals surface area contributed by atoms with Gasteiger partial charge in [0.05, 0.1) is 23.3 Å². The summed E-state index contributed by atoms with van der Waals surface area (Å²) in [5.74, 6) is -4.20. The highest BCUT2D eigenvalue weighted by atomic mass is 32.2. The third-order valence-electron chi connectivity index (χ3n) is 2.63. The van der Waals surface area contributed by atoms with Crippen molar-refractivity contribution in [1.82, 2.24) is 5.06 Å². The third kappa shape index (κ3) is 2.77. The van der Waals surface area contributed by atoms with Crippen LogP contribution in [0.1, 0.15) is 31.1 Å². The summed E-state index contributed by atoms with van der Waals surface area (Å²) in [4.78, 5) is 34.6. The Kier molecular flexibility index (Phi) is 3.77. The average molecular weight is 315 g/mol. The molecular weight excluding hydrogens is 306 g/mol. The number of benzene rings is 1. The van der Waals surface area contributed by atoms with Crippen LogP contribution < -0.4 is 0 Å². The van der Waals surface area contributed by atoms with E-state index in [4.69, 9.17) is 10.2 Å². The van der Waals surface area contributed by atoms with E-state index in [1.54, 1.807) is 0 Å². The van der Waals surface area contributed by atoms with Crippen LogP contribution in [0.3, 0.4) is 0 Å². The Bertz CT molecular complexity index is 739. The highest BCUT2D eigenvalue weighted by molar-refractivity contribution is 7.86. The maximum atomic E-state index is 11.9. The summed E-state index contributed by atoms with van der Waals surface area (Å²) in [5.41, 5.74) is -0.654. The quantitative estimate of drug-likeness (QED) is 0.676. The van der Waals surface area contributed by atoms with E-state index in [2.05, 4.69) is 4.28 Å². The van der Waals surface area contributed by atoms with Crippen molar-refractivity contribution in [2.24, 2.45) is 0 Å². The van der Waals surface area contributed by atoms with Crippen molar-refractivity contribution >= 4 is 27.9 Å². The van der Waals surface area contributed by atoms with Gasteiger partial charge in [0, 0.05) is 0 Å². The van der Waals surface area contributed by atoms with E-state index in [0.717, 1.165) is 18.2 Å². The number of carboxylic acid groups (broad SMARTS) is 1. The molecule has 0 unspecified atom stereocenters. The Morgan fingerprint density at radius 2 is 1.81 bits per heavy atom. The number of carbonyl (C=O) groups is 3. The number of hydroxylamine groups is 2. The molecule has 2 N–H and O–H groups in total. The van der Waals surface area contributed by atoms with Crippen molar-refractivity contribution in [2.45, 2.75) is 0 Å². The van der Waals surface area contributed by atoms with Crippen LogP contribution in [0, 0.1) is 0 Å². The van der Waals surface area contributed by atoms with Gasteiger partial charge < -0.3 is 10.2 Å². The molecule has 1 heterocycles. The van der Waals surface area contributed by atoms with Crippen molar-refractivity contribution < 1.29 is 37.3 Å². The summed E-state index contributed by atoms with van der Waals surface area (Å²) in [6.45, 7) is -0.741. The van der Waals surface area contributed by atoms with Crippen LogP contribution in [0.15, 0.2) is 18.2 Å². The molecule has 112 valence electrons. The Morgan fingerprint density at radius 1 is 1.19 bits per heavy atom. The van der Waals surface area contributed by atoms with E-state index in [-0.39, 0.29) is 21.8 Å². The number of fused-ring (bicyclic) bond motifs is 1. The largest absolute Gasteiger partial charge is 0.478 e. The SMILES string of the molecule is O=C(O)c1ccc2c(c1)C(=O)N(OS(=O)(=O)CCO)C2=O. The second-order valence-electron chi connectivity index (χ2n) is 4.03. The van der Waals surface area contributed by atoms with Crippen LogP contribution in [0.5, 0.6) is 0 Å². The van der Waals surface area contributed by atoms with E-state index in [0.29, 0.717) is 0 Å². The minimum Gasteiger partial charge on any atom is -0.478 e. The Hall–Kier alpha value is -2.30. The minimum absolute atomic E-state index is 0.0291. The second kappa shape index (κ2) is 5.24. The number of amides is 2. The van der Waals surface area contributed by atoms with Gasteiger partial charge in [-0.25, -0.2) is 4.79 Å². The van der Waals surface area contributed by atoms with Gasteiger partial charge in [0.1, 0.15) is 5.75 Å². The van der Waals surface area contributed by atoms with Gasteiger partial charge in [-0.05, 0) is 18.2 Å². The first-order valence-corrected chi connectivity index (χ1v) is 7.14. The Balaban J connectivity index is 2.36. The van der Waals surface area contributed by atoms with Gasteiger partial charge in [-0.15, -0.1) is 9.35 Å². The number of nitrogens with zero attached hydrogens (tertiary/aromatic N) is 1. The molecule has 0 radical (unpaired) electrons. The topological polar surface area (TPSA) is 138 Å². The fraction of sp³-hybridized carbons (Fsp3) is 0.182.